The molecular weight excluding hydrogens is 330 g/mol. The average Bonchev–Trinajstić information content (AvgIpc) is 3.06. The number of carbonyl (C=O) groups excluding carboxylic acids is 2. The third-order valence-electron chi connectivity index (χ3n) is 4.08. The number of amides is 2. The van der Waals surface area contributed by atoms with Crippen molar-refractivity contribution in [3.63, 3.8) is 0 Å². The maximum absolute atomic E-state index is 12.5. The van der Waals surface area contributed by atoms with Crippen LogP contribution in [0.5, 0.6) is 0 Å². The highest BCUT2D eigenvalue weighted by Crippen LogP contribution is 2.28. The van der Waals surface area contributed by atoms with Crippen LogP contribution in [0.3, 0.4) is 0 Å². The van der Waals surface area contributed by atoms with Crippen molar-refractivity contribution in [2.75, 3.05) is 16.5 Å². The van der Waals surface area contributed by atoms with Crippen LogP contribution < -0.4 is 10.3 Å². The van der Waals surface area contributed by atoms with Gasteiger partial charge in [0.25, 0.3) is 5.91 Å². The van der Waals surface area contributed by atoms with E-state index in [9.17, 15) is 19.5 Å². The molecule has 126 valence electrons. The van der Waals surface area contributed by atoms with Gasteiger partial charge in [0.2, 0.25) is 5.91 Å². The van der Waals surface area contributed by atoms with Gasteiger partial charge in [-0.25, -0.2) is 9.80 Å². The Hall–Kier alpha value is -2.35. The third-order valence-corrected chi connectivity index (χ3v) is 5.27. The van der Waals surface area contributed by atoms with Gasteiger partial charge in [0.15, 0.2) is 0 Å². The Morgan fingerprint density at radius 1 is 1.25 bits per heavy atom. The lowest BCUT2D eigenvalue weighted by Gasteiger charge is -2.27. The van der Waals surface area contributed by atoms with Crippen LogP contribution in [0.15, 0.2) is 35.4 Å². The predicted octanol–water partition coefficient (Wildman–Crippen LogP) is 1.25. The predicted molar refractivity (Wildman–Crippen MR) is 91.0 cm³/mol. The van der Waals surface area contributed by atoms with Gasteiger partial charge in [0.1, 0.15) is 11.3 Å². The standard InChI is InChI=1S/C16H17N3O4S/c20-13-7-6-12(18-19(13)11-4-2-1-3-5-11)14(21)17-16(15(22)23)8-9-24-10-16/h1-5H,6-10H2,(H,17,21)(H,22,23). The van der Waals surface area contributed by atoms with E-state index in [1.807, 2.05) is 6.07 Å². The molecule has 24 heavy (non-hydrogen) atoms. The lowest BCUT2D eigenvalue weighted by Crippen LogP contribution is -2.57. The summed E-state index contributed by atoms with van der Waals surface area (Å²) in [7, 11) is 0. The smallest absolute Gasteiger partial charge is 0.330 e. The van der Waals surface area contributed by atoms with E-state index >= 15 is 0 Å². The molecule has 7 nitrogen and oxygen atoms in total. The van der Waals surface area contributed by atoms with Crippen LogP contribution in [0.4, 0.5) is 5.69 Å². The fourth-order valence-electron chi connectivity index (χ4n) is 2.66. The largest absolute Gasteiger partial charge is 0.479 e. The fourth-order valence-corrected chi connectivity index (χ4v) is 3.99. The second kappa shape index (κ2) is 6.64. The van der Waals surface area contributed by atoms with E-state index in [0.29, 0.717) is 23.6 Å². The van der Waals surface area contributed by atoms with Gasteiger partial charge in [-0.1, -0.05) is 18.2 Å². The van der Waals surface area contributed by atoms with Crippen molar-refractivity contribution in [2.45, 2.75) is 24.8 Å². The summed E-state index contributed by atoms with van der Waals surface area (Å²) >= 11 is 1.50. The van der Waals surface area contributed by atoms with E-state index in [2.05, 4.69) is 10.4 Å². The molecule has 0 bridgehead atoms. The maximum Gasteiger partial charge on any atom is 0.330 e. The number of aliphatic carboxylic acids is 1. The first-order valence-corrected chi connectivity index (χ1v) is 8.76. The summed E-state index contributed by atoms with van der Waals surface area (Å²) in [5.41, 5.74) is -0.489. The molecular formula is C16H17N3O4S. The Bertz CT molecular complexity index is 699. The van der Waals surface area contributed by atoms with Crippen LogP contribution in [0, 0.1) is 0 Å². The number of hydrogen-bond donors (Lipinski definition) is 2. The Morgan fingerprint density at radius 2 is 2.00 bits per heavy atom. The molecule has 8 heteroatoms. The molecule has 2 heterocycles. The minimum absolute atomic E-state index is 0.163. The number of rotatable bonds is 4. The van der Waals surface area contributed by atoms with Gasteiger partial charge in [0.05, 0.1) is 5.69 Å². The molecule has 1 atom stereocenters. The van der Waals surface area contributed by atoms with Crippen LogP contribution in [0.2, 0.25) is 0 Å². The quantitative estimate of drug-likeness (QED) is 0.854. The van der Waals surface area contributed by atoms with Gasteiger partial charge in [-0.2, -0.15) is 16.9 Å². The average molecular weight is 347 g/mol. The highest BCUT2D eigenvalue weighted by atomic mass is 32.2. The summed E-state index contributed by atoms with van der Waals surface area (Å²) in [6, 6.07) is 8.84. The molecule has 2 amide bonds. The molecule has 0 aromatic heterocycles. The van der Waals surface area contributed by atoms with Crippen LogP contribution in [0.25, 0.3) is 0 Å². The molecule has 1 fully saturated rings. The van der Waals surface area contributed by atoms with E-state index < -0.39 is 17.4 Å². The van der Waals surface area contributed by atoms with Gasteiger partial charge in [-0.15, -0.1) is 0 Å². The molecule has 1 aromatic rings. The van der Waals surface area contributed by atoms with Gasteiger partial charge < -0.3 is 10.4 Å². The van der Waals surface area contributed by atoms with Crippen molar-refractivity contribution in [3.05, 3.63) is 30.3 Å². The van der Waals surface area contributed by atoms with E-state index in [1.165, 1.54) is 16.8 Å². The monoisotopic (exact) mass is 347 g/mol. The topological polar surface area (TPSA) is 99.1 Å². The Balaban J connectivity index is 1.82. The number of carboxylic acids is 1. The number of nitrogens with one attached hydrogen (secondary N) is 1. The number of anilines is 1. The number of hydrazone groups is 1. The molecule has 3 rings (SSSR count). The van der Waals surface area contributed by atoms with Crippen LogP contribution in [-0.2, 0) is 14.4 Å². The van der Waals surface area contributed by atoms with Gasteiger partial charge in [-0.05, 0) is 24.3 Å². The molecule has 0 aliphatic carbocycles. The minimum atomic E-state index is -1.25. The van der Waals surface area contributed by atoms with E-state index in [0.717, 1.165) is 0 Å². The minimum Gasteiger partial charge on any atom is -0.479 e. The molecule has 1 aromatic carbocycles. The summed E-state index contributed by atoms with van der Waals surface area (Å²) in [6.45, 7) is 0. The van der Waals surface area contributed by atoms with E-state index in [1.54, 1.807) is 24.3 Å². The highest BCUT2D eigenvalue weighted by Gasteiger charge is 2.44. The molecule has 2 N–H and O–H groups in total. The van der Waals surface area contributed by atoms with Gasteiger partial charge >= 0.3 is 5.97 Å². The number of para-hydroxylation sites is 1. The molecule has 2 aliphatic rings. The lowest BCUT2D eigenvalue weighted by molar-refractivity contribution is -0.145. The normalized spacial score (nSPS) is 23.8. The molecule has 0 saturated carbocycles. The van der Waals surface area contributed by atoms with E-state index in [-0.39, 0.29) is 24.5 Å². The molecule has 0 radical (unpaired) electrons. The lowest BCUT2D eigenvalue weighted by atomic mass is 9.98. The zero-order chi connectivity index (χ0) is 17.2. The third kappa shape index (κ3) is 3.14. The summed E-state index contributed by atoms with van der Waals surface area (Å²) < 4.78 is 0. The number of carbonyl (C=O) groups is 3. The Labute approximate surface area is 143 Å². The van der Waals surface area contributed by atoms with Gasteiger partial charge in [-0.3, -0.25) is 9.59 Å². The van der Waals surface area contributed by atoms with Gasteiger partial charge in [0, 0.05) is 18.6 Å². The van der Waals surface area contributed by atoms with Crippen LogP contribution in [-0.4, -0.2) is 45.6 Å². The Morgan fingerprint density at radius 3 is 2.62 bits per heavy atom. The number of thioether (sulfide) groups is 1. The van der Waals surface area contributed by atoms with Crippen molar-refractivity contribution in [1.29, 1.82) is 0 Å². The summed E-state index contributed by atoms with van der Waals surface area (Å²) in [5, 5.41) is 17.4. The Kier molecular flexibility index (Phi) is 4.57. The molecule has 0 spiro atoms. The second-order valence-corrected chi connectivity index (χ2v) is 6.84. The van der Waals surface area contributed by atoms with Crippen molar-refractivity contribution in [1.82, 2.24) is 5.32 Å². The number of hydrogen-bond acceptors (Lipinski definition) is 5. The number of benzene rings is 1. The SMILES string of the molecule is O=C(NC1(C(=O)O)CCSC1)C1=NN(c2ccccc2)C(=O)CC1. The first-order valence-electron chi connectivity index (χ1n) is 7.61. The zero-order valence-electron chi connectivity index (χ0n) is 12.9. The van der Waals surface area contributed by atoms with Crippen molar-refractivity contribution >= 4 is 40.9 Å². The first-order chi connectivity index (χ1) is 11.5. The first kappa shape index (κ1) is 16.5. The summed E-state index contributed by atoms with van der Waals surface area (Å²) in [5.74, 6) is -0.722. The second-order valence-electron chi connectivity index (χ2n) is 5.73. The molecule has 2 aliphatic heterocycles. The number of nitrogens with zero attached hydrogens (tertiary/aromatic N) is 2. The van der Waals surface area contributed by atoms with Crippen molar-refractivity contribution in [3.8, 4) is 0 Å². The zero-order valence-corrected chi connectivity index (χ0v) is 13.7. The van der Waals surface area contributed by atoms with Crippen LogP contribution >= 0.6 is 11.8 Å². The molecule has 1 saturated heterocycles. The number of carboxylic acid groups (broad SMARTS) is 1. The van der Waals surface area contributed by atoms with E-state index in [4.69, 9.17) is 0 Å². The summed E-state index contributed by atoms with van der Waals surface area (Å²) in [6.07, 6.45) is 0.750. The van der Waals surface area contributed by atoms with Crippen LogP contribution in [0.1, 0.15) is 19.3 Å². The van der Waals surface area contributed by atoms with Crippen molar-refractivity contribution < 1.29 is 19.5 Å². The fraction of sp³-hybridized carbons (Fsp3) is 0.375. The summed E-state index contributed by atoms with van der Waals surface area (Å²) in [4.78, 5) is 36.1. The van der Waals surface area contributed by atoms with Crippen molar-refractivity contribution in [2.24, 2.45) is 5.10 Å². The highest BCUT2D eigenvalue weighted by molar-refractivity contribution is 7.99. The molecule has 1 unspecified atom stereocenters. The maximum atomic E-state index is 12.5.